The summed E-state index contributed by atoms with van der Waals surface area (Å²) in [6, 6.07) is 6.08. The molecule has 4 nitrogen and oxygen atoms in total. The lowest BCUT2D eigenvalue weighted by atomic mass is 10.2. The first-order valence-electron chi connectivity index (χ1n) is 6.49. The highest BCUT2D eigenvalue weighted by molar-refractivity contribution is 5.38. The molecule has 0 aromatic carbocycles. The van der Waals surface area contributed by atoms with Crippen molar-refractivity contribution >= 4 is 5.82 Å². The zero-order chi connectivity index (χ0) is 12.8. The van der Waals surface area contributed by atoms with E-state index in [9.17, 15) is 0 Å². The SMILES string of the molecule is C=C(CNC)CN1CCN(c2ccccn2)CC1. The van der Waals surface area contributed by atoms with Crippen molar-refractivity contribution in [1.29, 1.82) is 0 Å². The fourth-order valence-electron chi connectivity index (χ4n) is 2.30. The van der Waals surface area contributed by atoms with Crippen LogP contribution in [0.25, 0.3) is 0 Å². The Kier molecular flexibility index (Phi) is 4.73. The van der Waals surface area contributed by atoms with E-state index >= 15 is 0 Å². The molecule has 1 aromatic heterocycles. The molecule has 0 aliphatic carbocycles. The van der Waals surface area contributed by atoms with Gasteiger partial charge in [0.2, 0.25) is 0 Å². The normalized spacial score (nSPS) is 16.8. The highest BCUT2D eigenvalue weighted by Crippen LogP contribution is 2.12. The van der Waals surface area contributed by atoms with Crippen LogP contribution >= 0.6 is 0 Å². The Morgan fingerprint density at radius 1 is 1.33 bits per heavy atom. The van der Waals surface area contributed by atoms with Gasteiger partial charge in [-0.25, -0.2) is 4.98 Å². The zero-order valence-electron chi connectivity index (χ0n) is 11.1. The number of rotatable bonds is 5. The molecule has 0 saturated carbocycles. The van der Waals surface area contributed by atoms with Gasteiger partial charge in [0.05, 0.1) is 0 Å². The Bertz CT molecular complexity index is 369. The van der Waals surface area contributed by atoms with Crippen LogP contribution in [0.1, 0.15) is 0 Å². The molecule has 1 aliphatic heterocycles. The van der Waals surface area contributed by atoms with Crippen molar-refractivity contribution in [2.45, 2.75) is 0 Å². The van der Waals surface area contributed by atoms with Crippen LogP contribution in [0, 0.1) is 0 Å². The summed E-state index contributed by atoms with van der Waals surface area (Å²) < 4.78 is 0. The lowest BCUT2D eigenvalue weighted by molar-refractivity contribution is 0.276. The number of nitrogens with one attached hydrogen (secondary N) is 1. The van der Waals surface area contributed by atoms with Crippen molar-refractivity contribution in [1.82, 2.24) is 15.2 Å². The number of likely N-dealkylation sites (N-methyl/N-ethyl adjacent to an activating group) is 1. The van der Waals surface area contributed by atoms with Crippen molar-refractivity contribution in [3.05, 3.63) is 36.5 Å². The van der Waals surface area contributed by atoms with E-state index < -0.39 is 0 Å². The molecule has 1 N–H and O–H groups in total. The van der Waals surface area contributed by atoms with Crippen LogP contribution in [0.15, 0.2) is 36.5 Å². The van der Waals surface area contributed by atoms with Crippen molar-refractivity contribution in [3.8, 4) is 0 Å². The van der Waals surface area contributed by atoms with Crippen LogP contribution in [0.5, 0.6) is 0 Å². The van der Waals surface area contributed by atoms with Gasteiger partial charge in [0.1, 0.15) is 5.82 Å². The molecule has 1 saturated heterocycles. The fraction of sp³-hybridized carbons (Fsp3) is 0.500. The zero-order valence-corrected chi connectivity index (χ0v) is 11.1. The Hall–Kier alpha value is -1.39. The van der Waals surface area contributed by atoms with Gasteiger partial charge in [0.15, 0.2) is 0 Å². The number of aromatic nitrogens is 1. The van der Waals surface area contributed by atoms with Crippen LogP contribution in [-0.2, 0) is 0 Å². The van der Waals surface area contributed by atoms with Crippen molar-refractivity contribution in [3.63, 3.8) is 0 Å². The van der Waals surface area contributed by atoms with Crippen LogP contribution in [0.4, 0.5) is 5.82 Å². The first-order valence-corrected chi connectivity index (χ1v) is 6.49. The topological polar surface area (TPSA) is 31.4 Å². The summed E-state index contributed by atoms with van der Waals surface area (Å²) in [5, 5.41) is 3.15. The fourth-order valence-corrected chi connectivity index (χ4v) is 2.30. The van der Waals surface area contributed by atoms with Crippen LogP contribution < -0.4 is 10.2 Å². The second-order valence-corrected chi connectivity index (χ2v) is 4.73. The molecular formula is C14H22N4. The Labute approximate surface area is 109 Å². The van der Waals surface area contributed by atoms with E-state index in [0.29, 0.717) is 0 Å². The van der Waals surface area contributed by atoms with Gasteiger partial charge < -0.3 is 10.2 Å². The minimum absolute atomic E-state index is 0.903. The van der Waals surface area contributed by atoms with Crippen LogP contribution in [0.2, 0.25) is 0 Å². The van der Waals surface area contributed by atoms with E-state index in [1.54, 1.807) is 0 Å². The number of piperazine rings is 1. The summed E-state index contributed by atoms with van der Waals surface area (Å²) in [7, 11) is 1.96. The van der Waals surface area contributed by atoms with Crippen LogP contribution in [-0.4, -0.2) is 56.2 Å². The first-order chi connectivity index (χ1) is 8.79. The molecule has 4 heteroatoms. The Morgan fingerprint density at radius 2 is 2.11 bits per heavy atom. The molecule has 0 atom stereocenters. The van der Waals surface area contributed by atoms with E-state index in [-0.39, 0.29) is 0 Å². The minimum Gasteiger partial charge on any atom is -0.354 e. The maximum absolute atomic E-state index is 4.40. The largest absolute Gasteiger partial charge is 0.354 e. The third-order valence-electron chi connectivity index (χ3n) is 3.22. The van der Waals surface area contributed by atoms with E-state index in [0.717, 1.165) is 45.1 Å². The van der Waals surface area contributed by atoms with Gasteiger partial charge in [-0.2, -0.15) is 0 Å². The van der Waals surface area contributed by atoms with Gasteiger partial charge in [0, 0.05) is 45.5 Å². The molecule has 1 aliphatic rings. The number of hydrogen-bond donors (Lipinski definition) is 1. The number of pyridine rings is 1. The van der Waals surface area contributed by atoms with E-state index in [2.05, 4.69) is 32.7 Å². The average Bonchev–Trinajstić information content (AvgIpc) is 2.41. The van der Waals surface area contributed by atoms with Gasteiger partial charge in [0.25, 0.3) is 0 Å². The molecule has 0 bridgehead atoms. The van der Waals surface area contributed by atoms with Gasteiger partial charge in [-0.05, 0) is 24.8 Å². The average molecular weight is 246 g/mol. The van der Waals surface area contributed by atoms with Crippen molar-refractivity contribution < 1.29 is 0 Å². The number of nitrogens with zero attached hydrogens (tertiary/aromatic N) is 3. The summed E-state index contributed by atoms with van der Waals surface area (Å²) in [6.45, 7) is 10.2. The van der Waals surface area contributed by atoms with Gasteiger partial charge in [-0.3, -0.25) is 4.90 Å². The highest BCUT2D eigenvalue weighted by Gasteiger charge is 2.17. The predicted molar refractivity (Wildman–Crippen MR) is 76.0 cm³/mol. The maximum Gasteiger partial charge on any atom is 0.128 e. The number of anilines is 1. The summed E-state index contributed by atoms with van der Waals surface area (Å²) in [6.07, 6.45) is 1.86. The van der Waals surface area contributed by atoms with Gasteiger partial charge >= 0.3 is 0 Å². The van der Waals surface area contributed by atoms with Crippen LogP contribution in [0.3, 0.4) is 0 Å². The third-order valence-corrected chi connectivity index (χ3v) is 3.22. The molecule has 0 unspecified atom stereocenters. The smallest absolute Gasteiger partial charge is 0.128 e. The second kappa shape index (κ2) is 6.52. The van der Waals surface area contributed by atoms with Gasteiger partial charge in [-0.15, -0.1) is 0 Å². The van der Waals surface area contributed by atoms with E-state index in [4.69, 9.17) is 0 Å². The first kappa shape index (κ1) is 13.1. The Balaban J connectivity index is 1.80. The lowest BCUT2D eigenvalue weighted by Crippen LogP contribution is -2.47. The second-order valence-electron chi connectivity index (χ2n) is 4.73. The quantitative estimate of drug-likeness (QED) is 0.785. The minimum atomic E-state index is 0.903. The molecule has 98 valence electrons. The summed E-state index contributed by atoms with van der Waals surface area (Å²) in [5.74, 6) is 1.09. The molecule has 0 radical (unpaired) electrons. The molecular weight excluding hydrogens is 224 g/mol. The monoisotopic (exact) mass is 246 g/mol. The van der Waals surface area contributed by atoms with E-state index in [1.165, 1.54) is 5.57 Å². The summed E-state index contributed by atoms with van der Waals surface area (Å²) >= 11 is 0. The lowest BCUT2D eigenvalue weighted by Gasteiger charge is -2.35. The molecule has 0 spiro atoms. The van der Waals surface area contributed by atoms with Crippen molar-refractivity contribution in [2.75, 3.05) is 51.2 Å². The molecule has 1 fully saturated rings. The number of hydrogen-bond acceptors (Lipinski definition) is 4. The summed E-state index contributed by atoms with van der Waals surface area (Å²) in [4.78, 5) is 9.20. The summed E-state index contributed by atoms with van der Waals surface area (Å²) in [5.41, 5.74) is 1.25. The third kappa shape index (κ3) is 3.55. The Morgan fingerprint density at radius 3 is 2.72 bits per heavy atom. The van der Waals surface area contributed by atoms with Gasteiger partial charge in [-0.1, -0.05) is 12.6 Å². The van der Waals surface area contributed by atoms with E-state index in [1.807, 2.05) is 25.4 Å². The molecule has 1 aromatic rings. The molecule has 2 rings (SSSR count). The maximum atomic E-state index is 4.40. The predicted octanol–water partition coefficient (Wildman–Crippen LogP) is 0.979. The molecule has 0 amide bonds. The molecule has 18 heavy (non-hydrogen) atoms. The highest BCUT2D eigenvalue weighted by atomic mass is 15.3. The van der Waals surface area contributed by atoms with Crippen molar-refractivity contribution in [2.24, 2.45) is 0 Å². The molecule has 2 heterocycles. The standard InChI is InChI=1S/C14H22N4/c1-13(11-15-2)12-17-7-9-18(10-8-17)14-5-3-4-6-16-14/h3-6,15H,1,7-12H2,2H3.